The minimum absolute atomic E-state index is 0.191. The average Bonchev–Trinajstić information content (AvgIpc) is 3.08. The van der Waals surface area contributed by atoms with Gasteiger partial charge in [-0.15, -0.1) is 0 Å². The second kappa shape index (κ2) is 6.20. The lowest BCUT2D eigenvalue weighted by Crippen LogP contribution is -2.39. The van der Waals surface area contributed by atoms with Crippen LogP contribution in [0, 0.1) is 0 Å². The lowest BCUT2D eigenvalue weighted by Gasteiger charge is -2.23. The number of hydrogen-bond donors (Lipinski definition) is 1. The zero-order chi connectivity index (χ0) is 13.9. The number of ether oxygens (including phenoxy) is 1. The first-order valence-electron chi connectivity index (χ1n) is 7.40. The molecule has 1 saturated carbocycles. The van der Waals surface area contributed by atoms with Crippen molar-refractivity contribution in [1.29, 1.82) is 0 Å². The van der Waals surface area contributed by atoms with Gasteiger partial charge in [-0.25, -0.2) is 0 Å². The third-order valence-electron chi connectivity index (χ3n) is 3.96. The largest absolute Gasteiger partial charge is 0.378 e. The zero-order valence-corrected chi connectivity index (χ0v) is 12.4. The fourth-order valence-corrected chi connectivity index (χ4v) is 2.63. The molecule has 1 aliphatic carbocycles. The van der Waals surface area contributed by atoms with Crippen molar-refractivity contribution >= 4 is 5.91 Å². The monoisotopic (exact) mass is 269 g/mol. The summed E-state index contributed by atoms with van der Waals surface area (Å²) in [5, 5.41) is 3.51. The highest BCUT2D eigenvalue weighted by atomic mass is 16.5. The first kappa shape index (κ1) is 14.8. The van der Waals surface area contributed by atoms with Crippen LogP contribution in [0.15, 0.2) is 0 Å². The number of nitrogens with zero attached hydrogens (tertiary/aromatic N) is 2. The number of likely N-dealkylation sites (N-methyl/N-ethyl adjacent to an activating group) is 1. The van der Waals surface area contributed by atoms with Gasteiger partial charge in [0.1, 0.15) is 0 Å². The molecule has 1 amide bonds. The van der Waals surface area contributed by atoms with E-state index in [1.807, 2.05) is 19.0 Å². The third kappa shape index (κ3) is 3.46. The SMILES string of the molecule is CCCC1NC2(CC2)C(=O)N1CCOCCN(C)C. The molecule has 1 aliphatic heterocycles. The normalized spacial score (nSPS) is 24.7. The van der Waals surface area contributed by atoms with Gasteiger partial charge in [0, 0.05) is 13.1 Å². The van der Waals surface area contributed by atoms with Gasteiger partial charge >= 0.3 is 0 Å². The standard InChI is InChI=1S/C14H27N3O2/c1-4-5-12-15-14(6-7-14)13(18)17(12)9-11-19-10-8-16(2)3/h12,15H,4-11H2,1-3H3. The molecule has 1 spiro atoms. The molecule has 2 rings (SSSR count). The van der Waals surface area contributed by atoms with Crippen molar-refractivity contribution < 1.29 is 9.53 Å². The summed E-state index contributed by atoms with van der Waals surface area (Å²) in [6.07, 6.45) is 4.36. The summed E-state index contributed by atoms with van der Waals surface area (Å²) >= 11 is 0. The van der Waals surface area contributed by atoms with Crippen molar-refractivity contribution in [3.8, 4) is 0 Å². The van der Waals surface area contributed by atoms with E-state index in [0.29, 0.717) is 19.1 Å². The van der Waals surface area contributed by atoms with Gasteiger partial charge in [0.25, 0.3) is 0 Å². The Balaban J connectivity index is 1.75. The van der Waals surface area contributed by atoms with E-state index in [1.54, 1.807) is 0 Å². The van der Waals surface area contributed by atoms with Gasteiger partial charge in [-0.1, -0.05) is 13.3 Å². The molecule has 0 aromatic carbocycles. The Bertz CT molecular complexity index is 316. The molecule has 5 nitrogen and oxygen atoms in total. The number of nitrogens with one attached hydrogen (secondary N) is 1. The molecule has 0 aromatic rings. The van der Waals surface area contributed by atoms with Crippen LogP contribution in [0.25, 0.3) is 0 Å². The lowest BCUT2D eigenvalue weighted by molar-refractivity contribution is -0.131. The van der Waals surface area contributed by atoms with Crippen molar-refractivity contribution in [3.63, 3.8) is 0 Å². The molecule has 2 aliphatic rings. The number of carbonyl (C=O) groups is 1. The molecule has 1 N–H and O–H groups in total. The molecular formula is C14H27N3O2. The minimum Gasteiger partial charge on any atom is -0.378 e. The summed E-state index contributed by atoms with van der Waals surface area (Å²) in [7, 11) is 4.07. The van der Waals surface area contributed by atoms with Crippen LogP contribution in [0.4, 0.5) is 0 Å². The Morgan fingerprint density at radius 3 is 2.74 bits per heavy atom. The predicted octanol–water partition coefficient (Wildman–Crippen LogP) is 0.655. The van der Waals surface area contributed by atoms with Crippen LogP contribution in [0.5, 0.6) is 0 Å². The summed E-state index contributed by atoms with van der Waals surface area (Å²) in [6.45, 7) is 5.17. The Hall–Kier alpha value is -0.650. The van der Waals surface area contributed by atoms with E-state index in [4.69, 9.17) is 4.74 Å². The summed E-state index contributed by atoms with van der Waals surface area (Å²) < 4.78 is 5.61. The third-order valence-corrected chi connectivity index (χ3v) is 3.96. The Morgan fingerprint density at radius 2 is 2.16 bits per heavy atom. The molecule has 1 heterocycles. The first-order chi connectivity index (χ1) is 9.09. The van der Waals surface area contributed by atoms with Crippen LogP contribution in [0.2, 0.25) is 0 Å². The second-order valence-corrected chi connectivity index (χ2v) is 5.95. The molecule has 1 saturated heterocycles. The number of amides is 1. The number of hydrogen-bond acceptors (Lipinski definition) is 4. The summed E-state index contributed by atoms with van der Waals surface area (Å²) in [4.78, 5) is 16.4. The summed E-state index contributed by atoms with van der Waals surface area (Å²) in [5.41, 5.74) is -0.191. The van der Waals surface area contributed by atoms with Gasteiger partial charge in [-0.3, -0.25) is 10.1 Å². The van der Waals surface area contributed by atoms with Crippen LogP contribution in [0.1, 0.15) is 32.6 Å². The predicted molar refractivity (Wildman–Crippen MR) is 74.9 cm³/mol. The van der Waals surface area contributed by atoms with Crippen LogP contribution >= 0.6 is 0 Å². The molecule has 1 atom stereocenters. The van der Waals surface area contributed by atoms with E-state index in [-0.39, 0.29) is 11.7 Å². The molecule has 0 radical (unpaired) electrons. The van der Waals surface area contributed by atoms with E-state index in [9.17, 15) is 4.79 Å². The van der Waals surface area contributed by atoms with E-state index in [2.05, 4.69) is 17.1 Å². The highest BCUT2D eigenvalue weighted by molar-refractivity contribution is 5.91. The van der Waals surface area contributed by atoms with Crippen molar-refractivity contribution in [2.24, 2.45) is 0 Å². The maximum atomic E-state index is 12.3. The van der Waals surface area contributed by atoms with Gasteiger partial charge in [0.15, 0.2) is 0 Å². The molecule has 2 fully saturated rings. The molecule has 19 heavy (non-hydrogen) atoms. The van der Waals surface area contributed by atoms with Crippen molar-refractivity contribution in [2.45, 2.75) is 44.3 Å². The lowest BCUT2D eigenvalue weighted by atomic mass is 10.2. The van der Waals surface area contributed by atoms with Gasteiger partial charge in [0.2, 0.25) is 5.91 Å². The van der Waals surface area contributed by atoms with E-state index in [0.717, 1.165) is 38.8 Å². The van der Waals surface area contributed by atoms with Crippen LogP contribution in [-0.2, 0) is 9.53 Å². The molecule has 5 heteroatoms. The molecule has 1 unspecified atom stereocenters. The maximum absolute atomic E-state index is 12.3. The first-order valence-corrected chi connectivity index (χ1v) is 7.40. The second-order valence-electron chi connectivity index (χ2n) is 5.95. The Kier molecular flexibility index (Phi) is 4.81. The minimum atomic E-state index is -0.191. The van der Waals surface area contributed by atoms with Gasteiger partial charge in [-0.05, 0) is 33.4 Å². The Morgan fingerprint density at radius 1 is 1.42 bits per heavy atom. The van der Waals surface area contributed by atoms with Crippen LogP contribution in [0.3, 0.4) is 0 Å². The van der Waals surface area contributed by atoms with Gasteiger partial charge in [0.05, 0.1) is 24.9 Å². The molecule has 0 bridgehead atoms. The smallest absolute Gasteiger partial charge is 0.244 e. The topological polar surface area (TPSA) is 44.8 Å². The Labute approximate surface area is 116 Å². The highest BCUT2D eigenvalue weighted by Gasteiger charge is 2.58. The van der Waals surface area contributed by atoms with Crippen LogP contribution < -0.4 is 5.32 Å². The van der Waals surface area contributed by atoms with Crippen molar-refractivity contribution in [3.05, 3.63) is 0 Å². The van der Waals surface area contributed by atoms with Crippen LogP contribution in [-0.4, -0.2) is 67.8 Å². The molecule has 110 valence electrons. The quantitative estimate of drug-likeness (QED) is 0.657. The molecule has 0 aromatic heterocycles. The van der Waals surface area contributed by atoms with E-state index < -0.39 is 0 Å². The summed E-state index contributed by atoms with van der Waals surface area (Å²) in [6, 6.07) is 0. The van der Waals surface area contributed by atoms with Gasteiger partial charge < -0.3 is 14.5 Å². The molecular weight excluding hydrogens is 242 g/mol. The highest BCUT2D eigenvalue weighted by Crippen LogP contribution is 2.42. The van der Waals surface area contributed by atoms with Gasteiger partial charge in [-0.2, -0.15) is 0 Å². The van der Waals surface area contributed by atoms with Crippen molar-refractivity contribution in [1.82, 2.24) is 15.1 Å². The number of carbonyl (C=O) groups excluding carboxylic acids is 1. The fourth-order valence-electron chi connectivity index (χ4n) is 2.63. The average molecular weight is 269 g/mol. The van der Waals surface area contributed by atoms with E-state index in [1.165, 1.54) is 0 Å². The summed E-state index contributed by atoms with van der Waals surface area (Å²) in [5.74, 6) is 0.294. The number of rotatable bonds is 8. The zero-order valence-electron chi connectivity index (χ0n) is 12.4. The fraction of sp³-hybridized carbons (Fsp3) is 0.929. The maximum Gasteiger partial charge on any atom is 0.244 e. The van der Waals surface area contributed by atoms with E-state index >= 15 is 0 Å². The van der Waals surface area contributed by atoms with Crippen molar-refractivity contribution in [2.75, 3.05) is 40.4 Å².